The van der Waals surface area contributed by atoms with E-state index in [-0.39, 0.29) is 11.4 Å². The molecule has 0 aliphatic heterocycles. The summed E-state index contributed by atoms with van der Waals surface area (Å²) in [7, 11) is 0. The fourth-order valence-electron chi connectivity index (χ4n) is 2.68. The molecular weight excluding hydrogens is 337 g/mol. The van der Waals surface area contributed by atoms with E-state index in [9.17, 15) is 19.1 Å². The number of imidazole rings is 1. The van der Waals surface area contributed by atoms with Crippen LogP contribution in [0.4, 0.5) is 4.39 Å². The number of nitrogens with one attached hydrogen (secondary N) is 2. The zero-order valence-electron chi connectivity index (χ0n) is 12.6. The monoisotopic (exact) mass is 351 g/mol. The van der Waals surface area contributed by atoms with Gasteiger partial charge in [0.2, 0.25) is 5.91 Å². The van der Waals surface area contributed by atoms with Crippen LogP contribution in [0.5, 0.6) is 0 Å². The highest BCUT2D eigenvalue weighted by molar-refractivity contribution is 6.30. The van der Waals surface area contributed by atoms with Crippen LogP contribution in [0.3, 0.4) is 0 Å². The molecule has 0 unspecified atom stereocenters. The number of amides is 1. The average Bonchev–Trinajstić information content (AvgIpc) is 3.20. The summed E-state index contributed by atoms with van der Waals surface area (Å²) in [6.45, 7) is 0. The average molecular weight is 352 g/mol. The third kappa shape index (κ3) is 3.12. The molecule has 3 rings (SSSR count). The standard InChI is InChI=1S/C16H15ClFN3O3/c17-11-5-9(1-2-12(11)18)16(3-4-16)15(24)21-13(14(22)23)6-10-7-19-8-20-10/h1-2,5,7-8,13H,3-4,6H2,(H,19,20)(H,21,24)(H,22,23)/t13-/m0/s1. The summed E-state index contributed by atoms with van der Waals surface area (Å²) in [5.74, 6) is -2.08. The summed E-state index contributed by atoms with van der Waals surface area (Å²) in [5.41, 5.74) is 0.369. The molecule has 8 heteroatoms. The molecule has 0 bridgehead atoms. The van der Waals surface area contributed by atoms with Gasteiger partial charge in [0.05, 0.1) is 16.8 Å². The van der Waals surface area contributed by atoms with E-state index in [4.69, 9.17) is 11.6 Å². The highest BCUT2D eigenvalue weighted by Gasteiger charge is 2.52. The Morgan fingerprint density at radius 1 is 1.46 bits per heavy atom. The van der Waals surface area contributed by atoms with E-state index in [0.717, 1.165) is 0 Å². The lowest BCUT2D eigenvalue weighted by molar-refractivity contribution is -0.142. The predicted molar refractivity (Wildman–Crippen MR) is 84.2 cm³/mol. The predicted octanol–water partition coefficient (Wildman–Crippen LogP) is 2.05. The minimum atomic E-state index is -1.13. The van der Waals surface area contributed by atoms with Crippen molar-refractivity contribution in [3.63, 3.8) is 0 Å². The van der Waals surface area contributed by atoms with Crippen molar-refractivity contribution >= 4 is 23.5 Å². The van der Waals surface area contributed by atoms with Crippen molar-refractivity contribution in [1.82, 2.24) is 15.3 Å². The van der Waals surface area contributed by atoms with Gasteiger partial charge in [-0.05, 0) is 30.5 Å². The Kier molecular flexibility index (Phi) is 4.28. The molecule has 3 N–H and O–H groups in total. The summed E-state index contributed by atoms with van der Waals surface area (Å²) >= 11 is 5.79. The Morgan fingerprint density at radius 2 is 2.21 bits per heavy atom. The minimum absolute atomic E-state index is 0.0566. The van der Waals surface area contributed by atoms with Crippen LogP contribution >= 0.6 is 11.6 Å². The van der Waals surface area contributed by atoms with Crippen molar-refractivity contribution < 1.29 is 19.1 Å². The maximum absolute atomic E-state index is 13.3. The topological polar surface area (TPSA) is 95.1 Å². The quantitative estimate of drug-likeness (QED) is 0.742. The van der Waals surface area contributed by atoms with Crippen molar-refractivity contribution in [3.8, 4) is 0 Å². The second kappa shape index (κ2) is 6.24. The summed E-state index contributed by atoms with van der Waals surface area (Å²) < 4.78 is 13.3. The molecule has 1 atom stereocenters. The molecule has 0 radical (unpaired) electrons. The number of carboxylic acid groups (broad SMARTS) is 1. The first-order chi connectivity index (χ1) is 11.4. The Bertz CT molecular complexity index is 775. The molecule has 0 saturated heterocycles. The van der Waals surface area contributed by atoms with Gasteiger partial charge < -0.3 is 15.4 Å². The molecule has 1 amide bonds. The molecule has 0 spiro atoms. The van der Waals surface area contributed by atoms with E-state index in [1.54, 1.807) is 0 Å². The summed E-state index contributed by atoms with van der Waals surface area (Å²) in [4.78, 5) is 30.7. The van der Waals surface area contributed by atoms with Crippen LogP contribution in [-0.4, -0.2) is 33.0 Å². The number of nitrogens with zero attached hydrogens (tertiary/aromatic N) is 1. The van der Waals surface area contributed by atoms with Crippen LogP contribution in [0.1, 0.15) is 24.1 Å². The Labute approximate surface area is 142 Å². The fourth-order valence-corrected chi connectivity index (χ4v) is 2.86. The van der Waals surface area contributed by atoms with Crippen LogP contribution in [-0.2, 0) is 21.4 Å². The third-order valence-electron chi connectivity index (χ3n) is 4.24. The number of hydrogen-bond acceptors (Lipinski definition) is 3. The normalized spacial score (nSPS) is 16.4. The number of carbonyl (C=O) groups is 2. The number of carboxylic acids is 1. The first kappa shape index (κ1) is 16.4. The van der Waals surface area contributed by atoms with Crippen molar-refractivity contribution in [2.45, 2.75) is 30.7 Å². The van der Waals surface area contributed by atoms with Gasteiger partial charge in [-0.3, -0.25) is 4.79 Å². The van der Waals surface area contributed by atoms with Crippen molar-refractivity contribution in [2.75, 3.05) is 0 Å². The maximum Gasteiger partial charge on any atom is 0.326 e. The smallest absolute Gasteiger partial charge is 0.326 e. The number of aliphatic carboxylic acids is 1. The lowest BCUT2D eigenvalue weighted by atomic mass is 9.94. The molecule has 24 heavy (non-hydrogen) atoms. The van der Waals surface area contributed by atoms with Crippen LogP contribution in [0, 0.1) is 5.82 Å². The van der Waals surface area contributed by atoms with E-state index in [0.29, 0.717) is 24.1 Å². The molecule has 1 heterocycles. The van der Waals surface area contributed by atoms with Gasteiger partial charge >= 0.3 is 5.97 Å². The third-order valence-corrected chi connectivity index (χ3v) is 4.53. The number of rotatable bonds is 6. The number of aromatic amines is 1. The first-order valence-corrected chi connectivity index (χ1v) is 7.77. The number of H-pyrrole nitrogens is 1. The van der Waals surface area contributed by atoms with E-state index in [2.05, 4.69) is 15.3 Å². The molecule has 126 valence electrons. The number of benzene rings is 1. The molecular formula is C16H15ClFN3O3. The summed E-state index contributed by atoms with van der Waals surface area (Å²) in [6.07, 6.45) is 4.18. The Balaban J connectivity index is 1.77. The zero-order valence-corrected chi connectivity index (χ0v) is 13.3. The van der Waals surface area contributed by atoms with Crippen LogP contribution in [0.15, 0.2) is 30.7 Å². The second-order valence-corrected chi connectivity index (χ2v) is 6.26. The van der Waals surface area contributed by atoms with Gasteiger partial charge in [0.1, 0.15) is 11.9 Å². The Morgan fingerprint density at radius 3 is 2.75 bits per heavy atom. The highest BCUT2D eigenvalue weighted by Crippen LogP contribution is 2.49. The van der Waals surface area contributed by atoms with Crippen molar-refractivity contribution in [2.24, 2.45) is 0 Å². The number of hydrogen-bond donors (Lipinski definition) is 3. The lowest BCUT2D eigenvalue weighted by Gasteiger charge is -2.20. The molecule has 1 aliphatic rings. The van der Waals surface area contributed by atoms with Crippen molar-refractivity contribution in [1.29, 1.82) is 0 Å². The van der Waals surface area contributed by atoms with Crippen LogP contribution < -0.4 is 5.32 Å². The Hall–Kier alpha value is -2.41. The molecule has 1 aromatic heterocycles. The van der Waals surface area contributed by atoms with E-state index in [1.807, 2.05) is 0 Å². The van der Waals surface area contributed by atoms with Crippen LogP contribution in [0.2, 0.25) is 5.02 Å². The molecule has 6 nitrogen and oxygen atoms in total. The van der Waals surface area contributed by atoms with Gasteiger partial charge in [0.25, 0.3) is 0 Å². The summed E-state index contributed by atoms with van der Waals surface area (Å²) in [6, 6.07) is 3.07. The fraction of sp³-hybridized carbons (Fsp3) is 0.312. The molecule has 1 aliphatic carbocycles. The number of aromatic nitrogens is 2. The SMILES string of the molecule is O=C(O)[C@H](Cc1cnc[nH]1)NC(=O)C1(c2ccc(F)c(Cl)c2)CC1. The minimum Gasteiger partial charge on any atom is -0.480 e. The van der Waals surface area contributed by atoms with Crippen LogP contribution in [0.25, 0.3) is 0 Å². The number of carbonyl (C=O) groups excluding carboxylic acids is 1. The van der Waals surface area contributed by atoms with Gasteiger partial charge in [0.15, 0.2) is 0 Å². The molecule has 2 aromatic rings. The summed E-state index contributed by atoms with van der Waals surface area (Å²) in [5, 5.41) is 11.8. The van der Waals surface area contributed by atoms with Gasteiger partial charge in [-0.15, -0.1) is 0 Å². The van der Waals surface area contributed by atoms with E-state index >= 15 is 0 Å². The first-order valence-electron chi connectivity index (χ1n) is 7.39. The van der Waals surface area contributed by atoms with E-state index < -0.39 is 29.2 Å². The highest BCUT2D eigenvalue weighted by atomic mass is 35.5. The molecule has 1 fully saturated rings. The number of halogens is 2. The molecule has 1 saturated carbocycles. The van der Waals surface area contributed by atoms with Gasteiger partial charge in [-0.2, -0.15) is 0 Å². The maximum atomic E-state index is 13.3. The van der Waals surface area contributed by atoms with Crippen molar-refractivity contribution in [3.05, 3.63) is 52.8 Å². The van der Waals surface area contributed by atoms with Gasteiger partial charge in [-0.1, -0.05) is 17.7 Å². The van der Waals surface area contributed by atoms with Gasteiger partial charge in [-0.25, -0.2) is 14.2 Å². The lowest BCUT2D eigenvalue weighted by Crippen LogP contribution is -2.46. The largest absolute Gasteiger partial charge is 0.480 e. The zero-order chi connectivity index (χ0) is 17.3. The molecule has 1 aromatic carbocycles. The second-order valence-electron chi connectivity index (χ2n) is 5.86. The van der Waals surface area contributed by atoms with E-state index in [1.165, 1.54) is 30.7 Å². The van der Waals surface area contributed by atoms with Gasteiger partial charge in [0, 0.05) is 18.3 Å².